The van der Waals surface area contributed by atoms with Gasteiger partial charge in [-0.25, -0.2) is 9.97 Å². The fraction of sp³-hybridized carbons (Fsp3) is 0.611. The molecule has 2 N–H and O–H groups in total. The Morgan fingerprint density at radius 2 is 2.00 bits per heavy atom. The van der Waals surface area contributed by atoms with Crippen LogP contribution < -0.4 is 10.6 Å². The van der Waals surface area contributed by atoms with E-state index < -0.39 is 0 Å². The Labute approximate surface area is 139 Å². The second-order valence-corrected chi connectivity index (χ2v) is 6.52. The van der Waals surface area contributed by atoms with Gasteiger partial charge in [0.05, 0.1) is 5.56 Å². The fourth-order valence-electron chi connectivity index (χ4n) is 2.58. The van der Waals surface area contributed by atoms with Gasteiger partial charge in [-0.1, -0.05) is 25.5 Å². The Hall–Kier alpha value is -1.91. The molecule has 1 heterocycles. The number of carbonyl (C=O) groups is 1. The lowest BCUT2D eigenvalue weighted by Gasteiger charge is -2.12. The van der Waals surface area contributed by atoms with Crippen molar-refractivity contribution in [2.75, 3.05) is 18.4 Å². The second kappa shape index (κ2) is 9.28. The number of nitrogens with zero attached hydrogens (tertiary/aromatic N) is 2. The van der Waals surface area contributed by atoms with Crippen LogP contribution in [0, 0.1) is 5.92 Å². The summed E-state index contributed by atoms with van der Waals surface area (Å²) in [4.78, 5) is 20.4. The molecule has 0 radical (unpaired) electrons. The van der Waals surface area contributed by atoms with Gasteiger partial charge < -0.3 is 10.6 Å². The molecule has 5 heteroatoms. The first-order valence-corrected chi connectivity index (χ1v) is 8.67. The topological polar surface area (TPSA) is 66.9 Å². The van der Waals surface area contributed by atoms with E-state index in [1.165, 1.54) is 31.3 Å². The first kappa shape index (κ1) is 17.4. The van der Waals surface area contributed by atoms with Crippen molar-refractivity contribution in [2.45, 2.75) is 52.4 Å². The summed E-state index contributed by atoms with van der Waals surface area (Å²) < 4.78 is 0. The fourth-order valence-corrected chi connectivity index (χ4v) is 2.58. The Kier molecular flexibility index (Phi) is 7.04. The van der Waals surface area contributed by atoms with Crippen molar-refractivity contribution in [3.63, 3.8) is 0 Å². The van der Waals surface area contributed by atoms with Crippen LogP contribution in [-0.2, 0) is 0 Å². The molecule has 0 unspecified atom stereocenters. The van der Waals surface area contributed by atoms with Crippen LogP contribution >= 0.6 is 0 Å². The highest BCUT2D eigenvalue weighted by molar-refractivity contribution is 5.93. The van der Waals surface area contributed by atoms with Crippen LogP contribution in [0.5, 0.6) is 0 Å². The van der Waals surface area contributed by atoms with Gasteiger partial charge in [-0.2, -0.15) is 0 Å². The molecule has 0 fully saturated rings. The molecule has 0 bridgehead atoms. The van der Waals surface area contributed by atoms with Crippen LogP contribution in [0.4, 0.5) is 5.95 Å². The van der Waals surface area contributed by atoms with E-state index in [1.54, 1.807) is 12.4 Å². The van der Waals surface area contributed by atoms with E-state index in [9.17, 15) is 4.79 Å². The molecule has 126 valence electrons. The quantitative estimate of drug-likeness (QED) is 0.720. The summed E-state index contributed by atoms with van der Waals surface area (Å²) >= 11 is 0. The minimum atomic E-state index is -0.107. The summed E-state index contributed by atoms with van der Waals surface area (Å²) in [5.41, 5.74) is 2.04. The summed E-state index contributed by atoms with van der Waals surface area (Å²) in [5.74, 6) is 1.06. The van der Waals surface area contributed by atoms with Gasteiger partial charge in [-0.05, 0) is 44.4 Å². The van der Waals surface area contributed by atoms with E-state index in [4.69, 9.17) is 0 Å². The lowest BCUT2D eigenvalue weighted by atomic mass is 9.97. The zero-order valence-electron chi connectivity index (χ0n) is 14.3. The predicted molar refractivity (Wildman–Crippen MR) is 93.5 cm³/mol. The van der Waals surface area contributed by atoms with Gasteiger partial charge >= 0.3 is 0 Å². The summed E-state index contributed by atoms with van der Waals surface area (Å²) in [5, 5.41) is 6.11. The van der Waals surface area contributed by atoms with E-state index in [0.717, 1.165) is 19.4 Å². The highest BCUT2D eigenvalue weighted by Crippen LogP contribution is 2.19. The van der Waals surface area contributed by atoms with Crippen molar-refractivity contribution in [3.8, 4) is 0 Å². The Morgan fingerprint density at radius 3 is 2.65 bits per heavy atom. The molecule has 0 saturated carbocycles. The summed E-state index contributed by atoms with van der Waals surface area (Å²) in [6, 6.07) is 0. The van der Waals surface area contributed by atoms with Gasteiger partial charge in [0.25, 0.3) is 5.91 Å². The maximum absolute atomic E-state index is 11.9. The van der Waals surface area contributed by atoms with Crippen LogP contribution in [0.25, 0.3) is 0 Å². The zero-order valence-corrected chi connectivity index (χ0v) is 14.3. The lowest BCUT2D eigenvalue weighted by molar-refractivity contribution is 0.0951. The van der Waals surface area contributed by atoms with Crippen molar-refractivity contribution in [1.82, 2.24) is 15.3 Å². The molecule has 0 spiro atoms. The van der Waals surface area contributed by atoms with Crippen molar-refractivity contribution in [1.29, 1.82) is 0 Å². The molecule has 5 nitrogen and oxygen atoms in total. The van der Waals surface area contributed by atoms with Crippen molar-refractivity contribution >= 4 is 11.9 Å². The number of hydrogen-bond acceptors (Lipinski definition) is 4. The molecular weight excluding hydrogens is 288 g/mol. The van der Waals surface area contributed by atoms with Crippen LogP contribution in [0.3, 0.4) is 0 Å². The molecule has 0 saturated heterocycles. The normalized spacial score (nSPS) is 14.5. The molecule has 0 aromatic carbocycles. The maximum Gasteiger partial charge on any atom is 0.254 e. The molecule has 1 aromatic heterocycles. The summed E-state index contributed by atoms with van der Waals surface area (Å²) in [6.45, 7) is 5.80. The number of nitrogens with one attached hydrogen (secondary N) is 2. The molecule has 0 aliphatic heterocycles. The van der Waals surface area contributed by atoms with E-state index in [-0.39, 0.29) is 5.91 Å². The van der Waals surface area contributed by atoms with Crippen molar-refractivity contribution in [3.05, 3.63) is 29.6 Å². The smallest absolute Gasteiger partial charge is 0.254 e. The van der Waals surface area contributed by atoms with Crippen LogP contribution in [0.15, 0.2) is 24.0 Å². The van der Waals surface area contributed by atoms with Gasteiger partial charge in [-0.3, -0.25) is 4.79 Å². The Morgan fingerprint density at radius 1 is 1.22 bits per heavy atom. The van der Waals surface area contributed by atoms with E-state index in [0.29, 0.717) is 24.0 Å². The van der Waals surface area contributed by atoms with Gasteiger partial charge in [0.2, 0.25) is 5.95 Å². The number of allylic oxidation sites excluding steroid dienone is 1. The molecule has 1 amide bonds. The standard InChI is InChI=1S/C18H28N4O/c1-14(2)8-10-19-17(23)16-12-21-18(22-13-16)20-11-9-15-6-4-3-5-7-15/h6,12-14H,3-5,7-11H2,1-2H3,(H,19,23)(H,20,21,22). The highest BCUT2D eigenvalue weighted by Gasteiger charge is 2.07. The number of hydrogen-bond donors (Lipinski definition) is 2. The lowest BCUT2D eigenvalue weighted by Crippen LogP contribution is -2.25. The predicted octanol–water partition coefficient (Wildman–Crippen LogP) is 3.55. The number of rotatable bonds is 8. The first-order chi connectivity index (χ1) is 11.1. The number of anilines is 1. The first-order valence-electron chi connectivity index (χ1n) is 8.67. The SMILES string of the molecule is CC(C)CCNC(=O)c1cnc(NCCC2=CCCCC2)nc1. The van der Waals surface area contributed by atoms with Crippen LogP contribution in [-0.4, -0.2) is 29.0 Å². The molecule has 1 aromatic rings. The van der Waals surface area contributed by atoms with E-state index >= 15 is 0 Å². The van der Waals surface area contributed by atoms with Crippen LogP contribution in [0.1, 0.15) is 62.7 Å². The Balaban J connectivity index is 1.73. The average molecular weight is 316 g/mol. The third-order valence-electron chi connectivity index (χ3n) is 4.04. The largest absolute Gasteiger partial charge is 0.354 e. The summed E-state index contributed by atoms with van der Waals surface area (Å²) in [7, 11) is 0. The van der Waals surface area contributed by atoms with Crippen LogP contribution in [0.2, 0.25) is 0 Å². The van der Waals surface area contributed by atoms with Gasteiger partial charge in [-0.15, -0.1) is 0 Å². The highest BCUT2D eigenvalue weighted by atomic mass is 16.1. The van der Waals surface area contributed by atoms with Gasteiger partial charge in [0.15, 0.2) is 0 Å². The third-order valence-corrected chi connectivity index (χ3v) is 4.04. The van der Waals surface area contributed by atoms with Crippen molar-refractivity contribution < 1.29 is 4.79 Å². The molecular formula is C18H28N4O. The van der Waals surface area contributed by atoms with E-state index in [2.05, 4.69) is 40.5 Å². The number of carbonyl (C=O) groups excluding carboxylic acids is 1. The van der Waals surface area contributed by atoms with Gasteiger partial charge in [0.1, 0.15) is 0 Å². The third kappa shape index (κ3) is 6.38. The van der Waals surface area contributed by atoms with E-state index in [1.807, 2.05) is 0 Å². The average Bonchev–Trinajstić information content (AvgIpc) is 2.56. The minimum Gasteiger partial charge on any atom is -0.354 e. The number of amides is 1. The molecule has 1 aliphatic rings. The van der Waals surface area contributed by atoms with Crippen molar-refractivity contribution in [2.24, 2.45) is 5.92 Å². The zero-order chi connectivity index (χ0) is 16.5. The summed E-state index contributed by atoms with van der Waals surface area (Å²) in [6.07, 6.45) is 12.6. The number of aromatic nitrogens is 2. The molecule has 1 aliphatic carbocycles. The van der Waals surface area contributed by atoms with Gasteiger partial charge in [0, 0.05) is 25.5 Å². The molecule has 0 atom stereocenters. The molecule has 23 heavy (non-hydrogen) atoms. The molecule has 2 rings (SSSR count). The Bertz CT molecular complexity index is 522. The monoisotopic (exact) mass is 316 g/mol. The second-order valence-electron chi connectivity index (χ2n) is 6.52. The maximum atomic E-state index is 11.9. The minimum absolute atomic E-state index is 0.107.